The summed E-state index contributed by atoms with van der Waals surface area (Å²) in [5.41, 5.74) is 8.27. The summed E-state index contributed by atoms with van der Waals surface area (Å²) in [6.07, 6.45) is 7.60. The van der Waals surface area contributed by atoms with Crippen LogP contribution in [-0.4, -0.2) is 19.5 Å². The van der Waals surface area contributed by atoms with Crippen LogP contribution in [-0.2, 0) is 7.05 Å². The predicted octanol–water partition coefficient (Wildman–Crippen LogP) is 5.67. The number of nitrogens with zero attached hydrogens (tertiary/aromatic N) is 4. The maximum Gasteiger partial charge on any atom is 0.0969 e. The molecular formula is C25H23N5. The Kier molecular flexibility index (Phi) is 4.43. The van der Waals surface area contributed by atoms with Gasteiger partial charge in [0.25, 0.3) is 0 Å². The Morgan fingerprint density at radius 2 is 1.93 bits per heavy atom. The number of nitrogens with one attached hydrogen (secondary N) is 1. The highest BCUT2D eigenvalue weighted by molar-refractivity contribution is 5.97. The lowest BCUT2D eigenvalue weighted by Gasteiger charge is -2.17. The lowest BCUT2D eigenvalue weighted by atomic mass is 10.0. The third-order valence-corrected chi connectivity index (χ3v) is 5.54. The van der Waals surface area contributed by atoms with Gasteiger partial charge in [-0.2, -0.15) is 0 Å². The molecule has 0 saturated carbocycles. The van der Waals surface area contributed by atoms with Crippen LogP contribution in [0.2, 0.25) is 0 Å². The molecule has 1 N–H and O–H groups in total. The Bertz CT molecular complexity index is 1350. The Labute approximate surface area is 175 Å². The first-order valence-electron chi connectivity index (χ1n) is 10.1. The minimum Gasteiger partial charge on any atom is -0.378 e. The summed E-state index contributed by atoms with van der Waals surface area (Å²) in [5, 5.41) is 4.83. The molecule has 3 aromatic heterocycles. The van der Waals surface area contributed by atoms with Crippen molar-refractivity contribution in [1.29, 1.82) is 0 Å². The molecule has 0 spiro atoms. The molecule has 5 heteroatoms. The molecule has 0 radical (unpaired) electrons. The number of fused-ring (bicyclic) bond motifs is 2. The second-order valence-corrected chi connectivity index (χ2v) is 7.76. The summed E-state index contributed by atoms with van der Waals surface area (Å²) in [6.45, 7) is 4.12. The summed E-state index contributed by atoms with van der Waals surface area (Å²) >= 11 is 0. The van der Waals surface area contributed by atoms with E-state index in [1.54, 1.807) is 6.20 Å². The lowest BCUT2D eigenvalue weighted by Crippen LogP contribution is -2.07. The average molecular weight is 393 g/mol. The summed E-state index contributed by atoms with van der Waals surface area (Å²) < 4.78 is 2.14. The van der Waals surface area contributed by atoms with Gasteiger partial charge in [0.15, 0.2) is 0 Å². The minimum absolute atomic E-state index is 0.123. The molecule has 1 atom stereocenters. The maximum atomic E-state index is 4.81. The van der Waals surface area contributed by atoms with Crippen molar-refractivity contribution in [3.8, 4) is 11.1 Å². The fourth-order valence-electron chi connectivity index (χ4n) is 3.90. The number of benzene rings is 2. The number of rotatable bonds is 4. The molecule has 2 aromatic carbocycles. The molecule has 3 heterocycles. The molecule has 0 bridgehead atoms. The Morgan fingerprint density at radius 3 is 2.77 bits per heavy atom. The largest absolute Gasteiger partial charge is 0.378 e. The molecule has 0 aliphatic heterocycles. The first kappa shape index (κ1) is 18.3. The van der Waals surface area contributed by atoms with Crippen LogP contribution in [0.5, 0.6) is 0 Å². The first-order chi connectivity index (χ1) is 14.6. The van der Waals surface area contributed by atoms with Crippen LogP contribution in [0.3, 0.4) is 0 Å². The zero-order valence-electron chi connectivity index (χ0n) is 17.3. The van der Waals surface area contributed by atoms with E-state index in [2.05, 4.69) is 82.5 Å². The first-order valence-corrected chi connectivity index (χ1v) is 10.1. The number of hydrogen-bond donors (Lipinski definition) is 1. The van der Waals surface area contributed by atoms with Crippen LogP contribution in [0, 0.1) is 6.92 Å². The molecule has 30 heavy (non-hydrogen) atoms. The van der Waals surface area contributed by atoms with Crippen molar-refractivity contribution in [1.82, 2.24) is 19.5 Å². The third kappa shape index (κ3) is 3.28. The van der Waals surface area contributed by atoms with E-state index in [0.29, 0.717) is 0 Å². The second-order valence-electron chi connectivity index (χ2n) is 7.76. The third-order valence-electron chi connectivity index (χ3n) is 5.54. The predicted molar refractivity (Wildman–Crippen MR) is 122 cm³/mol. The van der Waals surface area contributed by atoms with E-state index in [4.69, 9.17) is 4.98 Å². The summed E-state index contributed by atoms with van der Waals surface area (Å²) in [4.78, 5) is 13.7. The Balaban J connectivity index is 1.65. The van der Waals surface area contributed by atoms with E-state index >= 15 is 0 Å². The van der Waals surface area contributed by atoms with Crippen LogP contribution < -0.4 is 5.32 Å². The second kappa shape index (κ2) is 7.26. The van der Waals surface area contributed by atoms with Crippen LogP contribution in [0.25, 0.3) is 33.1 Å². The quantitative estimate of drug-likeness (QED) is 0.428. The van der Waals surface area contributed by atoms with Crippen molar-refractivity contribution >= 4 is 27.6 Å². The number of hydrogen-bond acceptors (Lipinski definition) is 4. The van der Waals surface area contributed by atoms with E-state index in [-0.39, 0.29) is 6.04 Å². The van der Waals surface area contributed by atoms with Gasteiger partial charge in [-0.1, -0.05) is 18.2 Å². The average Bonchev–Trinajstić information content (AvgIpc) is 3.14. The van der Waals surface area contributed by atoms with Crippen molar-refractivity contribution < 1.29 is 0 Å². The molecule has 1 unspecified atom stereocenters. The van der Waals surface area contributed by atoms with E-state index in [0.717, 1.165) is 39.1 Å². The highest BCUT2D eigenvalue weighted by Crippen LogP contribution is 2.33. The summed E-state index contributed by atoms with van der Waals surface area (Å²) in [6, 6.07) is 17.1. The number of aryl methyl sites for hydroxylation is 2. The van der Waals surface area contributed by atoms with Crippen LogP contribution >= 0.6 is 0 Å². The zero-order valence-corrected chi connectivity index (χ0v) is 17.3. The molecule has 0 amide bonds. The Hall–Kier alpha value is -3.73. The van der Waals surface area contributed by atoms with E-state index < -0.39 is 0 Å². The van der Waals surface area contributed by atoms with Crippen molar-refractivity contribution in [3.05, 3.63) is 84.6 Å². The van der Waals surface area contributed by atoms with Crippen LogP contribution in [0.1, 0.15) is 24.2 Å². The van der Waals surface area contributed by atoms with Gasteiger partial charge < -0.3 is 9.88 Å². The molecule has 0 aliphatic carbocycles. The summed E-state index contributed by atoms with van der Waals surface area (Å²) in [5.74, 6) is 0. The van der Waals surface area contributed by atoms with Gasteiger partial charge in [0.05, 0.1) is 22.8 Å². The molecule has 5 rings (SSSR count). The van der Waals surface area contributed by atoms with Crippen LogP contribution in [0.15, 0.2) is 73.3 Å². The topological polar surface area (TPSA) is 55.6 Å². The van der Waals surface area contributed by atoms with Crippen molar-refractivity contribution in [2.75, 3.05) is 5.32 Å². The molecule has 5 aromatic rings. The summed E-state index contributed by atoms with van der Waals surface area (Å²) in [7, 11) is 2.07. The minimum atomic E-state index is 0.123. The Morgan fingerprint density at radius 1 is 1.03 bits per heavy atom. The monoisotopic (exact) mass is 393 g/mol. The maximum absolute atomic E-state index is 4.81. The molecule has 0 aliphatic rings. The number of anilines is 1. The molecule has 0 saturated heterocycles. The van der Waals surface area contributed by atoms with Gasteiger partial charge in [0, 0.05) is 48.6 Å². The molecular weight excluding hydrogens is 370 g/mol. The van der Waals surface area contributed by atoms with E-state index in [1.165, 1.54) is 10.9 Å². The number of pyridine rings is 1. The van der Waals surface area contributed by atoms with Gasteiger partial charge in [-0.15, -0.1) is 0 Å². The van der Waals surface area contributed by atoms with Crippen molar-refractivity contribution in [2.24, 2.45) is 7.05 Å². The SMILES string of the molecule is Cc1cnc2cc(NC(C)c3cccnc3)cc(-c3ccc4ccn(C)c4c3)c2n1. The van der Waals surface area contributed by atoms with Gasteiger partial charge in [0.1, 0.15) is 0 Å². The van der Waals surface area contributed by atoms with Gasteiger partial charge in [-0.05, 0) is 60.7 Å². The molecule has 0 fully saturated rings. The zero-order chi connectivity index (χ0) is 20.7. The smallest absolute Gasteiger partial charge is 0.0969 e. The fraction of sp³-hybridized carbons (Fsp3) is 0.160. The van der Waals surface area contributed by atoms with Gasteiger partial charge >= 0.3 is 0 Å². The van der Waals surface area contributed by atoms with E-state index in [1.807, 2.05) is 25.4 Å². The van der Waals surface area contributed by atoms with Gasteiger partial charge in [-0.25, -0.2) is 4.98 Å². The number of aromatic nitrogens is 4. The lowest BCUT2D eigenvalue weighted by molar-refractivity contribution is 0.876. The standard InChI is InChI=1S/C25H23N5/c1-16-14-27-23-13-21(29-17(2)20-5-4-9-26-15-20)12-22(25(23)28-16)19-7-6-18-8-10-30(3)24(18)11-19/h4-15,17,29H,1-3H3. The van der Waals surface area contributed by atoms with Crippen molar-refractivity contribution in [2.45, 2.75) is 19.9 Å². The highest BCUT2D eigenvalue weighted by atomic mass is 14.9. The van der Waals surface area contributed by atoms with Crippen LogP contribution in [0.4, 0.5) is 5.69 Å². The molecule has 5 nitrogen and oxygen atoms in total. The fourth-order valence-corrected chi connectivity index (χ4v) is 3.90. The van der Waals surface area contributed by atoms with Gasteiger partial charge in [-0.3, -0.25) is 9.97 Å². The van der Waals surface area contributed by atoms with E-state index in [9.17, 15) is 0 Å². The highest BCUT2D eigenvalue weighted by Gasteiger charge is 2.13. The molecule has 148 valence electrons. The normalized spacial score (nSPS) is 12.4. The van der Waals surface area contributed by atoms with Crippen molar-refractivity contribution in [3.63, 3.8) is 0 Å². The van der Waals surface area contributed by atoms with Gasteiger partial charge in [0.2, 0.25) is 0 Å².